The number of aromatic nitrogens is 3. The third kappa shape index (κ3) is 2.12. The van der Waals surface area contributed by atoms with Crippen LogP contribution in [0.1, 0.15) is 35.8 Å². The van der Waals surface area contributed by atoms with E-state index < -0.39 is 5.97 Å². The van der Waals surface area contributed by atoms with Crippen molar-refractivity contribution in [3.63, 3.8) is 0 Å². The van der Waals surface area contributed by atoms with Crippen LogP contribution in [0.25, 0.3) is 17.1 Å². The Morgan fingerprint density at radius 1 is 1.47 bits per heavy atom. The van der Waals surface area contributed by atoms with Crippen molar-refractivity contribution in [1.82, 2.24) is 14.5 Å². The van der Waals surface area contributed by atoms with Crippen molar-refractivity contribution in [3.8, 4) is 0 Å². The molecule has 0 bridgehead atoms. The maximum atomic E-state index is 10.7. The molecule has 19 heavy (non-hydrogen) atoms. The van der Waals surface area contributed by atoms with Crippen LogP contribution in [-0.4, -0.2) is 25.6 Å². The molecule has 5 heteroatoms. The number of nitrogens with zero attached hydrogens (tertiary/aromatic N) is 3. The first kappa shape index (κ1) is 11.9. The molecule has 2 aromatic heterocycles. The van der Waals surface area contributed by atoms with E-state index in [4.69, 9.17) is 5.11 Å². The maximum absolute atomic E-state index is 10.7. The number of carboxylic acid groups (broad SMARTS) is 1. The number of hydrogen-bond donors (Lipinski definition) is 1. The number of hydrogen-bond acceptors (Lipinski definition) is 3. The van der Waals surface area contributed by atoms with E-state index in [2.05, 4.69) is 9.97 Å². The molecule has 1 saturated carbocycles. The van der Waals surface area contributed by atoms with Gasteiger partial charge >= 0.3 is 5.97 Å². The van der Waals surface area contributed by atoms with Crippen molar-refractivity contribution >= 4 is 23.1 Å². The van der Waals surface area contributed by atoms with E-state index >= 15 is 0 Å². The van der Waals surface area contributed by atoms with Crippen LogP contribution in [0.15, 0.2) is 12.3 Å². The van der Waals surface area contributed by atoms with Gasteiger partial charge in [-0.05, 0) is 25.8 Å². The number of carbonyl (C=O) groups is 1. The molecule has 2 aromatic rings. The summed E-state index contributed by atoms with van der Waals surface area (Å²) in [6.07, 6.45) is 7.00. The topological polar surface area (TPSA) is 68.0 Å². The van der Waals surface area contributed by atoms with Gasteiger partial charge in [0.05, 0.1) is 5.69 Å². The van der Waals surface area contributed by atoms with E-state index in [9.17, 15) is 4.79 Å². The standard InChI is InChI=1S/C14H15N3O2/c1-8-15-13(9-3-4-9)12-10(5-6-11(18)19)7-17(2)14(12)16-8/h5-7,9H,3-4H2,1-2H3,(H,18,19)/b6-5+. The van der Waals surface area contributed by atoms with E-state index in [1.807, 2.05) is 24.7 Å². The number of fused-ring (bicyclic) bond motifs is 1. The van der Waals surface area contributed by atoms with Crippen LogP contribution in [0.5, 0.6) is 0 Å². The van der Waals surface area contributed by atoms with Gasteiger partial charge in [-0.15, -0.1) is 0 Å². The average molecular weight is 257 g/mol. The molecule has 3 rings (SSSR count). The summed E-state index contributed by atoms with van der Waals surface area (Å²) in [5.74, 6) is 0.325. The second-order valence-electron chi connectivity index (χ2n) is 5.00. The number of rotatable bonds is 3. The van der Waals surface area contributed by atoms with E-state index in [0.717, 1.165) is 47.0 Å². The number of aryl methyl sites for hydroxylation is 2. The summed E-state index contributed by atoms with van der Waals surface area (Å²) in [7, 11) is 1.92. The van der Waals surface area contributed by atoms with Gasteiger partial charge in [0.15, 0.2) is 0 Å². The molecule has 1 fully saturated rings. The van der Waals surface area contributed by atoms with Gasteiger partial charge < -0.3 is 9.67 Å². The summed E-state index contributed by atoms with van der Waals surface area (Å²) < 4.78 is 1.93. The van der Waals surface area contributed by atoms with Gasteiger partial charge in [0, 0.05) is 36.2 Å². The minimum atomic E-state index is -0.946. The van der Waals surface area contributed by atoms with Gasteiger partial charge in [-0.3, -0.25) is 0 Å². The van der Waals surface area contributed by atoms with Crippen molar-refractivity contribution in [3.05, 3.63) is 29.4 Å². The summed E-state index contributed by atoms with van der Waals surface area (Å²) >= 11 is 0. The van der Waals surface area contributed by atoms with Crippen LogP contribution in [0.2, 0.25) is 0 Å². The largest absolute Gasteiger partial charge is 0.478 e. The summed E-state index contributed by atoms with van der Waals surface area (Å²) in [4.78, 5) is 19.7. The lowest BCUT2D eigenvalue weighted by molar-refractivity contribution is -0.131. The lowest BCUT2D eigenvalue weighted by atomic mass is 10.1. The summed E-state index contributed by atoms with van der Waals surface area (Å²) in [6, 6.07) is 0. The zero-order valence-electron chi connectivity index (χ0n) is 10.9. The molecular formula is C14H15N3O2. The predicted molar refractivity (Wildman–Crippen MR) is 71.9 cm³/mol. The Balaban J connectivity index is 2.25. The minimum Gasteiger partial charge on any atom is -0.478 e. The summed E-state index contributed by atoms with van der Waals surface area (Å²) in [5.41, 5.74) is 2.81. The third-order valence-electron chi connectivity index (χ3n) is 3.35. The zero-order chi connectivity index (χ0) is 13.6. The van der Waals surface area contributed by atoms with E-state index in [1.165, 1.54) is 0 Å². The maximum Gasteiger partial charge on any atom is 0.328 e. The fourth-order valence-electron chi connectivity index (χ4n) is 2.39. The first-order chi connectivity index (χ1) is 9.06. The molecule has 1 aliphatic rings. The lowest BCUT2D eigenvalue weighted by Crippen LogP contribution is -1.98. The highest BCUT2D eigenvalue weighted by atomic mass is 16.4. The Bertz CT molecular complexity index is 696. The fourth-order valence-corrected chi connectivity index (χ4v) is 2.39. The predicted octanol–water partition coefficient (Wildman–Crippen LogP) is 2.25. The van der Waals surface area contributed by atoms with Gasteiger partial charge in [-0.25, -0.2) is 14.8 Å². The fraction of sp³-hybridized carbons (Fsp3) is 0.357. The molecule has 0 aromatic carbocycles. The van der Waals surface area contributed by atoms with Crippen LogP contribution in [0.3, 0.4) is 0 Å². The summed E-state index contributed by atoms with van der Waals surface area (Å²) in [6.45, 7) is 1.89. The quantitative estimate of drug-likeness (QED) is 0.856. The molecule has 1 aliphatic carbocycles. The SMILES string of the molecule is Cc1nc(C2CC2)c2c(/C=C/C(=O)O)cn(C)c2n1. The van der Waals surface area contributed by atoms with Crippen LogP contribution >= 0.6 is 0 Å². The highest BCUT2D eigenvalue weighted by molar-refractivity contribution is 5.94. The van der Waals surface area contributed by atoms with Crippen LogP contribution in [0, 0.1) is 6.92 Å². The Morgan fingerprint density at radius 3 is 2.84 bits per heavy atom. The van der Waals surface area contributed by atoms with Crippen molar-refractivity contribution in [2.75, 3.05) is 0 Å². The normalized spacial score (nSPS) is 15.5. The number of carboxylic acids is 1. The highest BCUT2D eigenvalue weighted by Crippen LogP contribution is 2.43. The van der Waals surface area contributed by atoms with Crippen molar-refractivity contribution < 1.29 is 9.90 Å². The molecule has 0 saturated heterocycles. The first-order valence-corrected chi connectivity index (χ1v) is 6.31. The second-order valence-corrected chi connectivity index (χ2v) is 5.00. The Hall–Kier alpha value is -2.17. The van der Waals surface area contributed by atoms with Crippen molar-refractivity contribution in [2.24, 2.45) is 7.05 Å². The Labute approximate surface area is 110 Å². The molecule has 1 N–H and O–H groups in total. The number of aliphatic carboxylic acids is 1. The van der Waals surface area contributed by atoms with Crippen LogP contribution in [-0.2, 0) is 11.8 Å². The summed E-state index contributed by atoms with van der Waals surface area (Å²) in [5, 5.41) is 9.76. The molecule has 0 aliphatic heterocycles. The molecule has 0 spiro atoms. The Morgan fingerprint density at radius 2 is 2.21 bits per heavy atom. The van der Waals surface area contributed by atoms with Gasteiger partial charge in [0.1, 0.15) is 11.5 Å². The van der Waals surface area contributed by atoms with Crippen molar-refractivity contribution in [1.29, 1.82) is 0 Å². The van der Waals surface area contributed by atoms with E-state index in [1.54, 1.807) is 6.08 Å². The van der Waals surface area contributed by atoms with Gasteiger partial charge in [-0.1, -0.05) is 0 Å². The first-order valence-electron chi connectivity index (χ1n) is 6.31. The van der Waals surface area contributed by atoms with Gasteiger partial charge in [0.25, 0.3) is 0 Å². The minimum absolute atomic E-state index is 0.503. The Kier molecular flexibility index (Phi) is 2.62. The molecule has 98 valence electrons. The van der Waals surface area contributed by atoms with E-state index in [-0.39, 0.29) is 0 Å². The molecule has 2 heterocycles. The van der Waals surface area contributed by atoms with Crippen molar-refractivity contribution in [2.45, 2.75) is 25.7 Å². The van der Waals surface area contributed by atoms with Gasteiger partial charge in [0.2, 0.25) is 0 Å². The zero-order valence-corrected chi connectivity index (χ0v) is 10.9. The smallest absolute Gasteiger partial charge is 0.328 e. The van der Waals surface area contributed by atoms with Crippen LogP contribution < -0.4 is 0 Å². The molecule has 0 amide bonds. The second kappa shape index (κ2) is 4.19. The molecular weight excluding hydrogens is 242 g/mol. The van der Waals surface area contributed by atoms with Gasteiger partial charge in [-0.2, -0.15) is 0 Å². The average Bonchev–Trinajstić information content (AvgIpc) is 3.13. The lowest BCUT2D eigenvalue weighted by Gasteiger charge is -2.04. The van der Waals surface area contributed by atoms with Crippen LogP contribution in [0.4, 0.5) is 0 Å². The molecule has 0 atom stereocenters. The third-order valence-corrected chi connectivity index (χ3v) is 3.35. The molecule has 5 nitrogen and oxygen atoms in total. The monoisotopic (exact) mass is 257 g/mol. The molecule has 0 radical (unpaired) electrons. The van der Waals surface area contributed by atoms with E-state index in [0.29, 0.717) is 5.92 Å². The highest BCUT2D eigenvalue weighted by Gasteiger charge is 2.29. The molecule has 0 unspecified atom stereocenters.